The average Bonchev–Trinajstić information content (AvgIpc) is 3.69. The van der Waals surface area contributed by atoms with Gasteiger partial charge in [-0.25, -0.2) is 14.6 Å². The maximum atomic E-state index is 8.36. The third-order valence-corrected chi connectivity index (χ3v) is 6.22. The monoisotopic (exact) mass is 625 g/mol. The van der Waals surface area contributed by atoms with Crippen LogP contribution in [0.1, 0.15) is 12.5 Å². The van der Waals surface area contributed by atoms with E-state index in [0.29, 0.717) is 28.8 Å². The van der Waals surface area contributed by atoms with E-state index in [2.05, 4.69) is 26.6 Å². The Morgan fingerprint density at radius 2 is 1.79 bits per heavy atom. The van der Waals surface area contributed by atoms with Crippen molar-refractivity contribution in [2.24, 2.45) is 0 Å². The van der Waals surface area contributed by atoms with Gasteiger partial charge in [0.15, 0.2) is 0 Å². The molecule has 1 saturated heterocycles. The van der Waals surface area contributed by atoms with E-state index in [4.69, 9.17) is 68.1 Å². The number of benzene rings is 2. The summed E-state index contributed by atoms with van der Waals surface area (Å²) in [5.41, 5.74) is 2.82. The fourth-order valence-corrected chi connectivity index (χ4v) is 4.56. The molecule has 224 valence electrons. The summed E-state index contributed by atoms with van der Waals surface area (Å²) in [6, 6.07) is 13.2. The lowest BCUT2D eigenvalue weighted by atomic mass is 10.1. The van der Waals surface area contributed by atoms with Gasteiger partial charge in [-0.05, 0) is 43.3 Å². The average molecular weight is 626 g/mol. The molecule has 0 bridgehead atoms. The van der Waals surface area contributed by atoms with Crippen LogP contribution in [0.15, 0.2) is 67.6 Å². The minimum absolute atomic E-state index is 0.282. The Bertz CT molecular complexity index is 1440. The predicted molar refractivity (Wildman–Crippen MR) is 145 cm³/mol. The van der Waals surface area contributed by atoms with Crippen molar-refractivity contribution in [1.82, 2.24) is 24.3 Å². The first-order valence-electron chi connectivity index (χ1n) is 12.0. The van der Waals surface area contributed by atoms with Crippen LogP contribution >= 0.6 is 23.2 Å². The minimum atomic E-state index is -1.50. The molecule has 2 atom stereocenters. The van der Waals surface area contributed by atoms with Crippen LogP contribution < -0.4 is 4.74 Å². The van der Waals surface area contributed by atoms with Crippen molar-refractivity contribution in [2.75, 3.05) is 13.2 Å². The molecule has 18 heteroatoms. The first kappa shape index (κ1) is 32.0. The van der Waals surface area contributed by atoms with Crippen molar-refractivity contribution < 1.29 is 34.8 Å². The van der Waals surface area contributed by atoms with Crippen LogP contribution in [-0.2, 0) is 28.4 Å². The molecule has 2 aromatic heterocycles. The highest BCUT2D eigenvalue weighted by Gasteiger charge is 2.45. The first-order valence-corrected chi connectivity index (χ1v) is 12.8. The fourth-order valence-electron chi connectivity index (χ4n) is 4.01. The minimum Gasteiger partial charge on any atom is -0.491 e. The standard InChI is InChI=1S/C24H23Cl2N5O3.2HNO3/c1-2-30-15-27-10-23(30)17-3-6-19(7-4-17)32-11-20-12-33-24(34-20,13-31-16-28-14-29-31)21-8-5-18(25)9-22(21)26;2*2-1(3)4/h3-10,14-16,20H,2,11-13H2,1H3;2*(H,2,3,4)/t20-,24-;;/m1../s1. The predicted octanol–water partition coefficient (Wildman–Crippen LogP) is 4.12. The second kappa shape index (κ2) is 14.9. The lowest BCUT2D eigenvalue weighted by Gasteiger charge is -2.29. The lowest BCUT2D eigenvalue weighted by molar-refractivity contribution is -0.742. The Kier molecular flexibility index (Phi) is 11.4. The largest absolute Gasteiger partial charge is 0.491 e. The molecule has 16 nitrogen and oxygen atoms in total. The Balaban J connectivity index is 0.000000540. The van der Waals surface area contributed by atoms with Crippen molar-refractivity contribution >= 4 is 23.2 Å². The molecule has 0 unspecified atom stereocenters. The molecule has 0 saturated carbocycles. The fraction of sp³-hybridized carbons (Fsp3) is 0.292. The van der Waals surface area contributed by atoms with E-state index in [-0.39, 0.29) is 12.6 Å². The van der Waals surface area contributed by atoms with Crippen LogP contribution in [0.3, 0.4) is 0 Å². The molecule has 1 fully saturated rings. The summed E-state index contributed by atoms with van der Waals surface area (Å²) in [6.45, 7) is 3.88. The number of ether oxygens (including phenoxy) is 3. The topological polar surface area (TPSA) is 203 Å². The van der Waals surface area contributed by atoms with Gasteiger partial charge in [-0.3, -0.25) is 0 Å². The summed E-state index contributed by atoms with van der Waals surface area (Å²) in [5, 5.41) is 32.5. The van der Waals surface area contributed by atoms with E-state index >= 15 is 0 Å². The van der Waals surface area contributed by atoms with Gasteiger partial charge < -0.3 is 29.2 Å². The van der Waals surface area contributed by atoms with Gasteiger partial charge in [-0.1, -0.05) is 29.3 Å². The summed E-state index contributed by atoms with van der Waals surface area (Å²) in [7, 11) is 0. The SMILES string of the molecule is CCn1cncc1-c1ccc(OC[C@@H]2CO[C@@](Cn3cncn3)(c3ccc(Cl)cc3Cl)O2)cc1.O=[N+]([O-])O.O=[N+]([O-])O. The van der Waals surface area contributed by atoms with Gasteiger partial charge in [0.25, 0.3) is 10.2 Å². The third kappa shape index (κ3) is 9.00. The molecule has 0 radical (unpaired) electrons. The molecule has 2 N–H and O–H groups in total. The van der Waals surface area contributed by atoms with Gasteiger partial charge in [0.1, 0.15) is 37.7 Å². The number of hydrogen-bond donors (Lipinski definition) is 2. The van der Waals surface area contributed by atoms with E-state index in [1.54, 1.807) is 23.1 Å². The Morgan fingerprint density at radius 3 is 2.38 bits per heavy atom. The zero-order valence-corrected chi connectivity index (χ0v) is 23.4. The summed E-state index contributed by atoms with van der Waals surface area (Å²) in [4.78, 5) is 25.0. The second-order valence-electron chi connectivity index (χ2n) is 8.40. The maximum Gasteiger partial charge on any atom is 0.291 e. The summed E-state index contributed by atoms with van der Waals surface area (Å²) < 4.78 is 22.3. The van der Waals surface area contributed by atoms with Crippen molar-refractivity contribution in [3.63, 3.8) is 0 Å². The van der Waals surface area contributed by atoms with E-state index < -0.39 is 16.0 Å². The molecular weight excluding hydrogens is 601 g/mol. The van der Waals surface area contributed by atoms with Crippen LogP contribution in [0.4, 0.5) is 0 Å². The number of imidazole rings is 1. The molecule has 3 heterocycles. The molecule has 4 aromatic rings. The quantitative estimate of drug-likeness (QED) is 0.209. The Hall–Kier alpha value is -4.51. The van der Waals surface area contributed by atoms with Gasteiger partial charge in [0.05, 0.1) is 29.8 Å². The van der Waals surface area contributed by atoms with Gasteiger partial charge in [0.2, 0.25) is 5.79 Å². The van der Waals surface area contributed by atoms with E-state index in [1.165, 1.54) is 6.33 Å². The van der Waals surface area contributed by atoms with E-state index in [9.17, 15) is 0 Å². The third-order valence-electron chi connectivity index (χ3n) is 5.68. The maximum absolute atomic E-state index is 8.36. The summed E-state index contributed by atoms with van der Waals surface area (Å²) in [5.74, 6) is -0.389. The summed E-state index contributed by atoms with van der Waals surface area (Å²) in [6.07, 6.45) is 6.45. The highest BCUT2D eigenvalue weighted by Crippen LogP contribution is 2.40. The number of aromatic nitrogens is 5. The molecule has 42 heavy (non-hydrogen) atoms. The number of rotatable bonds is 8. The number of nitrogens with zero attached hydrogens (tertiary/aromatic N) is 7. The van der Waals surface area contributed by atoms with Crippen molar-refractivity contribution in [3.05, 3.63) is 103 Å². The number of halogens is 2. The summed E-state index contributed by atoms with van der Waals surface area (Å²) >= 11 is 12.6. The van der Waals surface area contributed by atoms with Crippen molar-refractivity contribution in [2.45, 2.75) is 31.9 Å². The van der Waals surface area contributed by atoms with Gasteiger partial charge in [-0.2, -0.15) is 5.10 Å². The zero-order valence-electron chi connectivity index (χ0n) is 21.9. The highest BCUT2D eigenvalue weighted by molar-refractivity contribution is 6.35. The normalized spacial score (nSPS) is 17.4. The molecular formula is C24H25Cl2N7O9. The first-order chi connectivity index (χ1) is 20.0. The molecule has 1 aliphatic rings. The highest BCUT2D eigenvalue weighted by atomic mass is 35.5. The molecule has 5 rings (SSSR count). The molecule has 1 aliphatic heterocycles. The number of aryl methyl sites for hydroxylation is 1. The van der Waals surface area contributed by atoms with E-state index in [1.807, 2.05) is 42.9 Å². The number of hydrogen-bond acceptors (Lipinski definition) is 10. The zero-order chi connectivity index (χ0) is 30.7. The molecule has 0 amide bonds. The lowest BCUT2D eigenvalue weighted by Crippen LogP contribution is -2.35. The smallest absolute Gasteiger partial charge is 0.291 e. The van der Waals surface area contributed by atoms with Crippen LogP contribution in [0.25, 0.3) is 11.3 Å². The van der Waals surface area contributed by atoms with Crippen LogP contribution in [0, 0.1) is 20.2 Å². The van der Waals surface area contributed by atoms with Crippen LogP contribution in [0.2, 0.25) is 10.0 Å². The molecule has 0 aliphatic carbocycles. The van der Waals surface area contributed by atoms with Crippen LogP contribution in [0.5, 0.6) is 5.75 Å². The Labute approximate surface area is 247 Å². The van der Waals surface area contributed by atoms with Gasteiger partial charge >= 0.3 is 0 Å². The van der Waals surface area contributed by atoms with Gasteiger partial charge in [0, 0.05) is 22.7 Å². The molecule has 0 spiro atoms. The van der Waals surface area contributed by atoms with Gasteiger partial charge in [-0.15, -0.1) is 20.2 Å². The van der Waals surface area contributed by atoms with Crippen LogP contribution in [-0.4, -0.2) is 64.2 Å². The van der Waals surface area contributed by atoms with Crippen molar-refractivity contribution in [1.29, 1.82) is 0 Å². The molecule has 2 aromatic carbocycles. The Morgan fingerprint density at radius 1 is 1.10 bits per heavy atom. The van der Waals surface area contributed by atoms with E-state index in [0.717, 1.165) is 23.6 Å². The second-order valence-corrected chi connectivity index (χ2v) is 9.24. The van der Waals surface area contributed by atoms with Crippen molar-refractivity contribution in [3.8, 4) is 17.0 Å².